The lowest BCUT2D eigenvalue weighted by Crippen LogP contribution is -2.49. The van der Waals surface area contributed by atoms with Crippen molar-refractivity contribution in [2.24, 2.45) is 0 Å². The molecule has 2 heterocycles. The summed E-state index contributed by atoms with van der Waals surface area (Å²) >= 11 is 0. The molecule has 29 heavy (non-hydrogen) atoms. The van der Waals surface area contributed by atoms with E-state index in [0.717, 1.165) is 17.7 Å². The molecule has 3 fully saturated rings. The fraction of sp³-hybridized carbons (Fsp3) is 0.550. The molecule has 0 spiro atoms. The van der Waals surface area contributed by atoms with Crippen LogP contribution in [0, 0.1) is 0 Å². The van der Waals surface area contributed by atoms with Gasteiger partial charge in [0.2, 0.25) is 5.91 Å². The van der Waals surface area contributed by atoms with Crippen LogP contribution in [0.4, 0.5) is 4.79 Å². The van der Waals surface area contributed by atoms with E-state index >= 15 is 0 Å². The first kappa shape index (κ1) is 19.9. The minimum atomic E-state index is -3.14. The Morgan fingerprint density at radius 3 is 2.41 bits per heavy atom. The maximum atomic E-state index is 13.2. The number of benzene rings is 1. The fourth-order valence-corrected chi connectivity index (χ4v) is 6.11. The zero-order chi connectivity index (χ0) is 20.8. The molecule has 8 nitrogen and oxygen atoms in total. The first-order valence-corrected chi connectivity index (χ1v) is 11.8. The van der Waals surface area contributed by atoms with Crippen molar-refractivity contribution >= 4 is 27.7 Å². The summed E-state index contributed by atoms with van der Waals surface area (Å²) < 4.78 is 23.7. The molecule has 0 bridgehead atoms. The largest absolute Gasteiger partial charge is 0.334 e. The molecule has 4 amide bonds. The summed E-state index contributed by atoms with van der Waals surface area (Å²) in [5, 5.41) is 2.78. The fourth-order valence-electron chi connectivity index (χ4n) is 4.40. The Morgan fingerprint density at radius 1 is 1.17 bits per heavy atom. The monoisotopic (exact) mass is 419 g/mol. The molecule has 2 saturated heterocycles. The van der Waals surface area contributed by atoms with E-state index in [4.69, 9.17) is 0 Å². The van der Waals surface area contributed by atoms with E-state index < -0.39 is 27.3 Å². The highest BCUT2D eigenvalue weighted by Gasteiger charge is 2.52. The topological polar surface area (TPSA) is 104 Å². The number of nitrogens with zero attached hydrogens (tertiary/aromatic N) is 2. The van der Waals surface area contributed by atoms with Crippen LogP contribution in [-0.2, 0) is 25.0 Å². The van der Waals surface area contributed by atoms with E-state index in [0.29, 0.717) is 18.4 Å². The Bertz CT molecular complexity index is 944. The number of rotatable bonds is 6. The average Bonchev–Trinajstić information content (AvgIpc) is 3.41. The van der Waals surface area contributed by atoms with Crippen LogP contribution in [0.1, 0.15) is 38.2 Å². The number of sulfone groups is 1. The van der Waals surface area contributed by atoms with Crippen LogP contribution in [0.2, 0.25) is 0 Å². The second-order valence-corrected chi connectivity index (χ2v) is 10.3. The van der Waals surface area contributed by atoms with E-state index in [1.807, 2.05) is 13.0 Å². The average molecular weight is 420 g/mol. The summed E-state index contributed by atoms with van der Waals surface area (Å²) in [6.07, 6.45) is 2.42. The highest BCUT2D eigenvalue weighted by molar-refractivity contribution is 7.91. The number of carbonyl (C=O) groups is 3. The number of amides is 4. The van der Waals surface area contributed by atoms with Crippen molar-refractivity contribution in [3.8, 4) is 0 Å². The molecule has 156 valence electrons. The minimum absolute atomic E-state index is 0.00613. The number of hydrogen-bond donors (Lipinski definition) is 1. The van der Waals surface area contributed by atoms with Gasteiger partial charge in [-0.25, -0.2) is 13.2 Å². The number of urea groups is 1. The van der Waals surface area contributed by atoms with E-state index in [9.17, 15) is 22.8 Å². The van der Waals surface area contributed by atoms with Crippen LogP contribution in [0.15, 0.2) is 30.3 Å². The lowest BCUT2D eigenvalue weighted by molar-refractivity contribution is -0.140. The third-order valence-corrected chi connectivity index (χ3v) is 7.85. The van der Waals surface area contributed by atoms with Crippen molar-refractivity contribution < 1.29 is 22.8 Å². The summed E-state index contributed by atoms with van der Waals surface area (Å²) in [7, 11) is -3.14. The number of imide groups is 1. The van der Waals surface area contributed by atoms with E-state index in [-0.39, 0.29) is 36.0 Å². The predicted molar refractivity (Wildman–Crippen MR) is 106 cm³/mol. The zero-order valence-electron chi connectivity index (χ0n) is 16.3. The lowest BCUT2D eigenvalue weighted by Gasteiger charge is -2.30. The Hall–Kier alpha value is -2.42. The first-order valence-electron chi connectivity index (χ1n) is 9.98. The van der Waals surface area contributed by atoms with Crippen LogP contribution in [-0.4, -0.2) is 66.2 Å². The van der Waals surface area contributed by atoms with Gasteiger partial charge in [0.15, 0.2) is 9.84 Å². The maximum Gasteiger partial charge on any atom is 0.325 e. The molecule has 1 N–H and O–H groups in total. The molecule has 1 aromatic carbocycles. The SMILES string of the molecule is CC[C@]1(c2ccccc2)NC(=O)N(CC(=O)N(C2CC2)[C@H]2CCS(=O)(=O)C2)C1=O. The zero-order valence-corrected chi connectivity index (χ0v) is 17.2. The van der Waals surface area contributed by atoms with Crippen LogP contribution < -0.4 is 5.32 Å². The summed E-state index contributed by atoms with van der Waals surface area (Å²) in [4.78, 5) is 41.5. The van der Waals surface area contributed by atoms with Gasteiger partial charge in [0.05, 0.1) is 11.5 Å². The van der Waals surface area contributed by atoms with Gasteiger partial charge in [-0.2, -0.15) is 0 Å². The summed E-state index contributed by atoms with van der Waals surface area (Å²) in [6, 6.07) is 8.05. The standard InChI is InChI=1S/C20H25N3O5S/c1-2-20(14-6-4-3-5-7-14)18(25)22(19(26)21-20)12-17(24)23(15-8-9-15)16-10-11-29(27,28)13-16/h3-7,15-16H,2,8-13H2,1H3,(H,21,26)/t16-,20+/m0/s1. The van der Waals surface area contributed by atoms with Crippen LogP contribution >= 0.6 is 0 Å². The van der Waals surface area contributed by atoms with Crippen LogP contribution in [0.25, 0.3) is 0 Å². The summed E-state index contributed by atoms with van der Waals surface area (Å²) in [5.74, 6) is -0.778. The van der Waals surface area contributed by atoms with E-state index in [1.54, 1.807) is 29.2 Å². The molecule has 1 saturated carbocycles. The van der Waals surface area contributed by atoms with Gasteiger partial charge >= 0.3 is 6.03 Å². The van der Waals surface area contributed by atoms with Gasteiger partial charge in [-0.1, -0.05) is 37.3 Å². The molecule has 1 aliphatic carbocycles. The molecular formula is C20H25N3O5S. The molecule has 2 aliphatic heterocycles. The van der Waals surface area contributed by atoms with Crippen molar-refractivity contribution in [3.63, 3.8) is 0 Å². The molecule has 1 aromatic rings. The second-order valence-electron chi connectivity index (χ2n) is 8.04. The molecule has 2 atom stereocenters. The smallest absolute Gasteiger partial charge is 0.325 e. The minimum Gasteiger partial charge on any atom is -0.334 e. The molecule has 4 rings (SSSR count). The predicted octanol–water partition coefficient (Wildman–Crippen LogP) is 1.02. The molecular weight excluding hydrogens is 394 g/mol. The van der Waals surface area contributed by atoms with Crippen molar-refractivity contribution in [1.82, 2.24) is 15.1 Å². The van der Waals surface area contributed by atoms with Gasteiger partial charge in [0, 0.05) is 12.1 Å². The Balaban J connectivity index is 1.55. The summed E-state index contributed by atoms with van der Waals surface area (Å²) in [5.41, 5.74) is -0.503. The third-order valence-electron chi connectivity index (χ3n) is 6.10. The van der Waals surface area contributed by atoms with Gasteiger partial charge in [-0.05, 0) is 31.2 Å². The molecule has 0 radical (unpaired) electrons. The Morgan fingerprint density at radius 2 is 1.86 bits per heavy atom. The maximum absolute atomic E-state index is 13.2. The highest BCUT2D eigenvalue weighted by Crippen LogP contribution is 2.35. The van der Waals surface area contributed by atoms with Crippen molar-refractivity contribution in [3.05, 3.63) is 35.9 Å². The Kier molecular flexibility index (Phi) is 4.88. The number of hydrogen-bond acceptors (Lipinski definition) is 5. The highest BCUT2D eigenvalue weighted by atomic mass is 32.2. The quantitative estimate of drug-likeness (QED) is 0.694. The van der Waals surface area contributed by atoms with Gasteiger partial charge < -0.3 is 10.2 Å². The normalized spacial score (nSPS) is 28.4. The molecule has 3 aliphatic rings. The first-order chi connectivity index (χ1) is 13.8. The summed E-state index contributed by atoms with van der Waals surface area (Å²) in [6.45, 7) is 1.45. The van der Waals surface area contributed by atoms with Gasteiger partial charge in [-0.15, -0.1) is 0 Å². The van der Waals surface area contributed by atoms with E-state index in [2.05, 4.69) is 5.32 Å². The lowest BCUT2D eigenvalue weighted by atomic mass is 9.87. The second kappa shape index (κ2) is 7.12. The van der Waals surface area contributed by atoms with Gasteiger partial charge in [0.1, 0.15) is 12.1 Å². The third kappa shape index (κ3) is 3.52. The van der Waals surface area contributed by atoms with Crippen molar-refractivity contribution in [2.75, 3.05) is 18.1 Å². The number of carbonyl (C=O) groups excluding carboxylic acids is 3. The van der Waals surface area contributed by atoms with E-state index in [1.165, 1.54) is 0 Å². The Labute approximate surface area is 170 Å². The van der Waals surface area contributed by atoms with Gasteiger partial charge in [0.25, 0.3) is 5.91 Å². The van der Waals surface area contributed by atoms with Crippen LogP contribution in [0.5, 0.6) is 0 Å². The van der Waals surface area contributed by atoms with Gasteiger partial charge in [-0.3, -0.25) is 14.5 Å². The molecule has 0 unspecified atom stereocenters. The number of nitrogens with one attached hydrogen (secondary N) is 1. The van der Waals surface area contributed by atoms with Crippen LogP contribution in [0.3, 0.4) is 0 Å². The van der Waals surface area contributed by atoms with Crippen molar-refractivity contribution in [2.45, 2.75) is 50.2 Å². The molecule has 9 heteroatoms. The van der Waals surface area contributed by atoms with Crippen molar-refractivity contribution in [1.29, 1.82) is 0 Å². The molecule has 0 aromatic heterocycles.